The molecule has 1 heterocycles. The number of carbonyl (C=O) groups excluding carboxylic acids is 2. The summed E-state index contributed by atoms with van der Waals surface area (Å²) in [5, 5.41) is 5.42. The van der Waals surface area contributed by atoms with Crippen LogP contribution in [0.15, 0.2) is 48.5 Å². The number of rotatable bonds is 6. The van der Waals surface area contributed by atoms with Crippen molar-refractivity contribution in [3.63, 3.8) is 0 Å². The zero-order chi connectivity index (χ0) is 19.9. The summed E-state index contributed by atoms with van der Waals surface area (Å²) in [5.74, 6) is -1.11. The molecule has 2 N–H and O–H groups in total. The second-order valence-corrected chi connectivity index (χ2v) is 6.67. The molecule has 0 radical (unpaired) electrons. The Labute approximate surface area is 162 Å². The van der Waals surface area contributed by atoms with Crippen molar-refractivity contribution in [1.82, 2.24) is 9.80 Å². The Kier molecular flexibility index (Phi) is 6.67. The lowest BCUT2D eigenvalue weighted by atomic mass is 10.2. The van der Waals surface area contributed by atoms with Gasteiger partial charge in [0.1, 0.15) is 11.6 Å². The van der Waals surface area contributed by atoms with Gasteiger partial charge >= 0.3 is 0 Å². The highest BCUT2D eigenvalue weighted by Gasteiger charge is 2.20. The van der Waals surface area contributed by atoms with Gasteiger partial charge in [-0.05, 0) is 42.5 Å². The van der Waals surface area contributed by atoms with Gasteiger partial charge in [-0.3, -0.25) is 19.4 Å². The second-order valence-electron chi connectivity index (χ2n) is 6.67. The minimum Gasteiger partial charge on any atom is -0.325 e. The Hall–Kier alpha value is -2.84. The first-order chi connectivity index (χ1) is 13.5. The summed E-state index contributed by atoms with van der Waals surface area (Å²) in [6.45, 7) is 3.07. The third-order valence-corrected chi connectivity index (χ3v) is 4.44. The maximum atomic E-state index is 13.2. The number of carbonyl (C=O) groups is 2. The lowest BCUT2D eigenvalue weighted by Crippen LogP contribution is -2.50. The summed E-state index contributed by atoms with van der Waals surface area (Å²) in [4.78, 5) is 28.2. The lowest BCUT2D eigenvalue weighted by molar-refractivity contribution is -0.120. The molecule has 28 heavy (non-hydrogen) atoms. The van der Waals surface area contributed by atoms with Gasteiger partial charge in [0, 0.05) is 37.6 Å². The Bertz CT molecular complexity index is 821. The fraction of sp³-hybridized carbons (Fsp3) is 0.300. The highest BCUT2D eigenvalue weighted by atomic mass is 19.1. The van der Waals surface area contributed by atoms with Gasteiger partial charge in [0.05, 0.1) is 13.1 Å². The molecule has 3 rings (SSSR count). The molecule has 8 heteroatoms. The van der Waals surface area contributed by atoms with Gasteiger partial charge in [0.25, 0.3) is 0 Å². The van der Waals surface area contributed by atoms with Crippen LogP contribution in [0.4, 0.5) is 20.2 Å². The molecule has 2 aromatic rings. The van der Waals surface area contributed by atoms with E-state index < -0.39 is 5.82 Å². The van der Waals surface area contributed by atoms with Gasteiger partial charge in [-0.25, -0.2) is 8.78 Å². The summed E-state index contributed by atoms with van der Waals surface area (Å²) < 4.78 is 26.1. The fourth-order valence-corrected chi connectivity index (χ4v) is 3.01. The Morgan fingerprint density at radius 1 is 0.750 bits per heavy atom. The van der Waals surface area contributed by atoms with Crippen molar-refractivity contribution in [1.29, 1.82) is 0 Å². The number of nitrogens with one attached hydrogen (secondary N) is 2. The van der Waals surface area contributed by atoms with Gasteiger partial charge in [0.2, 0.25) is 11.8 Å². The number of hydrogen-bond donors (Lipinski definition) is 2. The van der Waals surface area contributed by atoms with Gasteiger partial charge in [-0.15, -0.1) is 0 Å². The van der Waals surface area contributed by atoms with Crippen LogP contribution in [0.5, 0.6) is 0 Å². The van der Waals surface area contributed by atoms with Crippen molar-refractivity contribution in [3.05, 3.63) is 60.2 Å². The largest absolute Gasteiger partial charge is 0.325 e. The molecule has 1 aliphatic heterocycles. The van der Waals surface area contributed by atoms with Crippen LogP contribution in [0.2, 0.25) is 0 Å². The predicted molar refractivity (Wildman–Crippen MR) is 103 cm³/mol. The molecule has 2 aromatic carbocycles. The van der Waals surface area contributed by atoms with Crippen LogP contribution in [-0.2, 0) is 9.59 Å². The number of halogens is 2. The molecular weight excluding hydrogens is 366 g/mol. The number of amides is 2. The molecule has 148 valence electrons. The van der Waals surface area contributed by atoms with Crippen molar-refractivity contribution in [2.45, 2.75) is 0 Å². The van der Waals surface area contributed by atoms with E-state index in [-0.39, 0.29) is 30.7 Å². The molecule has 1 saturated heterocycles. The van der Waals surface area contributed by atoms with Crippen LogP contribution in [0.3, 0.4) is 0 Å². The average Bonchev–Trinajstić information content (AvgIpc) is 2.65. The molecule has 1 aliphatic rings. The van der Waals surface area contributed by atoms with Crippen LogP contribution in [0.25, 0.3) is 0 Å². The molecule has 0 aromatic heterocycles. The SMILES string of the molecule is O=C(CN1CCN(CC(=O)Nc2cccc(F)c2)CC1)Nc1ccc(F)cc1. The van der Waals surface area contributed by atoms with E-state index in [1.807, 2.05) is 9.80 Å². The van der Waals surface area contributed by atoms with E-state index in [9.17, 15) is 18.4 Å². The van der Waals surface area contributed by atoms with E-state index in [4.69, 9.17) is 0 Å². The third-order valence-electron chi connectivity index (χ3n) is 4.44. The maximum Gasteiger partial charge on any atom is 0.238 e. The average molecular weight is 388 g/mol. The molecule has 0 saturated carbocycles. The standard InChI is InChI=1S/C20H22F2N4O2/c21-15-4-6-17(7-5-15)23-19(27)13-25-8-10-26(11-9-25)14-20(28)24-18-3-1-2-16(22)12-18/h1-7,12H,8-11,13-14H2,(H,23,27)(H,24,28). The van der Waals surface area contributed by atoms with Crippen molar-refractivity contribution in [2.24, 2.45) is 0 Å². The number of piperazine rings is 1. The topological polar surface area (TPSA) is 64.7 Å². The zero-order valence-electron chi connectivity index (χ0n) is 15.3. The number of anilines is 2. The molecule has 0 unspecified atom stereocenters. The first-order valence-electron chi connectivity index (χ1n) is 9.03. The smallest absolute Gasteiger partial charge is 0.238 e. The number of nitrogens with zero attached hydrogens (tertiary/aromatic N) is 2. The van der Waals surface area contributed by atoms with E-state index >= 15 is 0 Å². The first-order valence-corrected chi connectivity index (χ1v) is 9.03. The highest BCUT2D eigenvalue weighted by Crippen LogP contribution is 2.10. The molecule has 0 aliphatic carbocycles. The van der Waals surface area contributed by atoms with Gasteiger partial charge in [-0.2, -0.15) is 0 Å². The number of benzene rings is 2. The monoisotopic (exact) mass is 388 g/mol. The fourth-order valence-electron chi connectivity index (χ4n) is 3.01. The van der Waals surface area contributed by atoms with E-state index in [1.165, 1.54) is 36.4 Å². The normalized spacial score (nSPS) is 15.2. The Balaban J connectivity index is 1.38. The molecule has 1 fully saturated rings. The molecular formula is C20H22F2N4O2. The lowest BCUT2D eigenvalue weighted by Gasteiger charge is -2.33. The third kappa shape index (κ3) is 6.11. The quantitative estimate of drug-likeness (QED) is 0.796. The van der Waals surface area contributed by atoms with E-state index in [2.05, 4.69) is 10.6 Å². The van der Waals surface area contributed by atoms with E-state index in [1.54, 1.807) is 12.1 Å². The minimum atomic E-state index is -0.398. The maximum absolute atomic E-state index is 13.2. The Morgan fingerprint density at radius 2 is 1.29 bits per heavy atom. The molecule has 0 atom stereocenters. The van der Waals surface area contributed by atoms with Crippen LogP contribution < -0.4 is 10.6 Å². The van der Waals surface area contributed by atoms with Crippen molar-refractivity contribution >= 4 is 23.2 Å². The summed E-state index contributed by atoms with van der Waals surface area (Å²) in [7, 11) is 0. The van der Waals surface area contributed by atoms with Crippen molar-refractivity contribution in [2.75, 3.05) is 49.9 Å². The predicted octanol–water partition coefficient (Wildman–Crippen LogP) is 2.16. The number of hydrogen-bond acceptors (Lipinski definition) is 4. The molecule has 6 nitrogen and oxygen atoms in total. The van der Waals surface area contributed by atoms with Crippen LogP contribution in [-0.4, -0.2) is 60.9 Å². The van der Waals surface area contributed by atoms with Crippen molar-refractivity contribution in [3.8, 4) is 0 Å². The minimum absolute atomic E-state index is 0.163. The van der Waals surface area contributed by atoms with Crippen molar-refractivity contribution < 1.29 is 18.4 Å². The highest BCUT2D eigenvalue weighted by molar-refractivity contribution is 5.92. The summed E-state index contributed by atoms with van der Waals surface area (Å²) in [6.07, 6.45) is 0. The van der Waals surface area contributed by atoms with E-state index in [0.717, 1.165) is 0 Å². The Morgan fingerprint density at radius 3 is 1.82 bits per heavy atom. The molecule has 0 bridgehead atoms. The molecule has 0 spiro atoms. The zero-order valence-corrected chi connectivity index (χ0v) is 15.3. The summed E-state index contributed by atoms with van der Waals surface area (Å²) >= 11 is 0. The van der Waals surface area contributed by atoms with Crippen LogP contribution in [0, 0.1) is 11.6 Å². The molecule has 2 amide bonds. The summed E-state index contributed by atoms with van der Waals surface area (Å²) in [6, 6.07) is 11.4. The van der Waals surface area contributed by atoms with Crippen LogP contribution >= 0.6 is 0 Å². The second kappa shape index (κ2) is 9.38. The first kappa shape index (κ1) is 19.9. The van der Waals surface area contributed by atoms with Gasteiger partial charge in [-0.1, -0.05) is 6.07 Å². The van der Waals surface area contributed by atoms with Gasteiger partial charge in [0.15, 0.2) is 0 Å². The van der Waals surface area contributed by atoms with E-state index in [0.29, 0.717) is 37.6 Å². The van der Waals surface area contributed by atoms with Crippen LogP contribution in [0.1, 0.15) is 0 Å². The summed E-state index contributed by atoms with van der Waals surface area (Å²) in [5.41, 5.74) is 0.986. The van der Waals surface area contributed by atoms with Gasteiger partial charge < -0.3 is 10.6 Å².